The van der Waals surface area contributed by atoms with E-state index in [9.17, 15) is 4.79 Å². The second kappa shape index (κ2) is 2.13. The van der Waals surface area contributed by atoms with Gasteiger partial charge in [-0.2, -0.15) is 5.10 Å². The van der Waals surface area contributed by atoms with Crippen molar-refractivity contribution in [3.8, 4) is 5.75 Å². The highest BCUT2D eigenvalue weighted by Gasteiger charge is 2.03. The zero-order valence-electron chi connectivity index (χ0n) is 5.80. The van der Waals surface area contributed by atoms with Gasteiger partial charge in [0.15, 0.2) is 5.75 Å². The van der Waals surface area contributed by atoms with E-state index >= 15 is 0 Å². The number of aromatic hydroxyl groups is 1. The maximum atomic E-state index is 10.9. The fourth-order valence-electron chi connectivity index (χ4n) is 0.613. The van der Waals surface area contributed by atoms with Crippen LogP contribution in [0.3, 0.4) is 0 Å². The highest BCUT2D eigenvalue weighted by atomic mass is 16.3. The molecule has 1 aromatic heterocycles. The number of hydrogen-bond acceptors (Lipinski definition) is 3. The van der Waals surface area contributed by atoms with Crippen LogP contribution in [-0.2, 0) is 0 Å². The van der Waals surface area contributed by atoms with Gasteiger partial charge in [-0.15, -0.1) is 0 Å². The van der Waals surface area contributed by atoms with Gasteiger partial charge in [-0.1, -0.05) is 0 Å². The average molecular weight is 140 g/mol. The summed E-state index contributed by atoms with van der Waals surface area (Å²) >= 11 is 0. The lowest BCUT2D eigenvalue weighted by molar-refractivity contribution is 0.458. The lowest BCUT2D eigenvalue weighted by atomic mass is 10.3. The third kappa shape index (κ3) is 0.877. The summed E-state index contributed by atoms with van der Waals surface area (Å²) in [5.41, 5.74) is 0.273. The second-order valence-electron chi connectivity index (χ2n) is 2.11. The third-order valence-electron chi connectivity index (χ3n) is 1.29. The summed E-state index contributed by atoms with van der Waals surface area (Å²) in [4.78, 5) is 10.9. The van der Waals surface area contributed by atoms with Gasteiger partial charge in [-0.25, -0.2) is 0 Å². The van der Waals surface area contributed by atoms with Crippen molar-refractivity contribution in [2.75, 3.05) is 0 Å². The predicted octanol–water partition coefficient (Wildman–Crippen LogP) is 0.0923. The highest BCUT2D eigenvalue weighted by molar-refractivity contribution is 5.24. The molecule has 1 aromatic rings. The first kappa shape index (κ1) is 6.80. The van der Waals surface area contributed by atoms with Crippen molar-refractivity contribution in [3.63, 3.8) is 0 Å². The van der Waals surface area contributed by atoms with Crippen molar-refractivity contribution < 1.29 is 5.11 Å². The van der Waals surface area contributed by atoms with Gasteiger partial charge >= 0.3 is 0 Å². The molecule has 0 bridgehead atoms. The molecule has 0 fully saturated rings. The zero-order chi connectivity index (χ0) is 7.72. The molecule has 0 saturated carbocycles. The summed E-state index contributed by atoms with van der Waals surface area (Å²) in [6, 6.07) is 0. The number of rotatable bonds is 0. The van der Waals surface area contributed by atoms with Crippen LogP contribution in [0.5, 0.6) is 5.75 Å². The van der Waals surface area contributed by atoms with Gasteiger partial charge in [-0.05, 0) is 13.8 Å². The van der Waals surface area contributed by atoms with Gasteiger partial charge in [0.25, 0.3) is 0 Å². The monoisotopic (exact) mass is 140 g/mol. The van der Waals surface area contributed by atoms with E-state index in [1.165, 1.54) is 6.92 Å². The first-order chi connectivity index (χ1) is 4.63. The van der Waals surface area contributed by atoms with E-state index in [1.807, 2.05) is 0 Å². The number of H-pyrrole nitrogens is 1. The summed E-state index contributed by atoms with van der Waals surface area (Å²) in [5.74, 6) is -0.243. The maximum absolute atomic E-state index is 10.9. The van der Waals surface area contributed by atoms with Crippen molar-refractivity contribution in [2.24, 2.45) is 0 Å². The molecule has 1 heterocycles. The molecule has 0 radical (unpaired) electrons. The van der Waals surface area contributed by atoms with Crippen molar-refractivity contribution in [1.29, 1.82) is 0 Å². The molecule has 0 aromatic carbocycles. The summed E-state index contributed by atoms with van der Waals surface area (Å²) in [5, 5.41) is 15.2. The Bertz CT molecular complexity index is 303. The molecule has 2 N–H and O–H groups in total. The van der Waals surface area contributed by atoms with Crippen molar-refractivity contribution >= 4 is 0 Å². The van der Waals surface area contributed by atoms with Gasteiger partial charge in [0, 0.05) is 0 Å². The Balaban J connectivity index is 3.50. The lowest BCUT2D eigenvalue weighted by Gasteiger charge is -1.96. The summed E-state index contributed by atoms with van der Waals surface area (Å²) in [7, 11) is 0. The Morgan fingerprint density at radius 3 is 2.60 bits per heavy atom. The van der Waals surface area contributed by atoms with Crippen LogP contribution in [0, 0.1) is 13.8 Å². The van der Waals surface area contributed by atoms with E-state index in [-0.39, 0.29) is 11.4 Å². The van der Waals surface area contributed by atoms with Crippen molar-refractivity contribution in [3.05, 3.63) is 21.6 Å². The largest absolute Gasteiger partial charge is 0.503 e. The number of aryl methyl sites for hydroxylation is 2. The fraction of sp³-hybridized carbons (Fsp3) is 0.333. The molecule has 4 heteroatoms. The van der Waals surface area contributed by atoms with E-state index in [0.717, 1.165) is 0 Å². The molecule has 4 nitrogen and oxygen atoms in total. The van der Waals surface area contributed by atoms with Crippen LogP contribution in [0.15, 0.2) is 4.79 Å². The Morgan fingerprint density at radius 2 is 2.10 bits per heavy atom. The summed E-state index contributed by atoms with van der Waals surface area (Å²) in [6.45, 7) is 3.13. The smallest absolute Gasteiger partial charge is 0.244 e. The Kier molecular flexibility index (Phi) is 1.45. The van der Waals surface area contributed by atoms with E-state index in [1.54, 1.807) is 6.92 Å². The topological polar surface area (TPSA) is 66.0 Å². The molecule has 0 spiro atoms. The van der Waals surface area contributed by atoms with Gasteiger partial charge < -0.3 is 5.11 Å². The van der Waals surface area contributed by atoms with E-state index in [4.69, 9.17) is 5.11 Å². The van der Waals surface area contributed by atoms with E-state index in [0.29, 0.717) is 5.69 Å². The Labute approximate surface area is 57.5 Å². The standard InChI is InChI=1S/C6H8N2O2/c1-3-5(9)6(10)4(2)8-7-3/h1-2H3,(H,7,10)(H,8,9). The summed E-state index contributed by atoms with van der Waals surface area (Å²) in [6.07, 6.45) is 0. The van der Waals surface area contributed by atoms with Crippen LogP contribution in [0.1, 0.15) is 11.4 Å². The molecule has 0 aliphatic heterocycles. The quantitative estimate of drug-likeness (QED) is 0.536. The van der Waals surface area contributed by atoms with Crippen LogP contribution in [-0.4, -0.2) is 15.3 Å². The van der Waals surface area contributed by atoms with Gasteiger partial charge in [0.2, 0.25) is 5.43 Å². The number of hydrogen-bond donors (Lipinski definition) is 2. The molecule has 54 valence electrons. The van der Waals surface area contributed by atoms with E-state index < -0.39 is 5.43 Å². The second-order valence-corrected chi connectivity index (χ2v) is 2.11. The first-order valence-corrected chi connectivity index (χ1v) is 2.87. The van der Waals surface area contributed by atoms with E-state index in [2.05, 4.69) is 10.2 Å². The van der Waals surface area contributed by atoms with Gasteiger partial charge in [-0.3, -0.25) is 9.89 Å². The molecular formula is C6H8N2O2. The van der Waals surface area contributed by atoms with Crippen molar-refractivity contribution in [2.45, 2.75) is 13.8 Å². The fourth-order valence-corrected chi connectivity index (χ4v) is 0.613. The van der Waals surface area contributed by atoms with Gasteiger partial charge in [0.1, 0.15) is 5.69 Å². The maximum Gasteiger partial charge on any atom is 0.244 e. The molecule has 0 aliphatic carbocycles. The third-order valence-corrected chi connectivity index (χ3v) is 1.29. The number of aromatic amines is 1. The molecule has 0 amide bonds. The van der Waals surface area contributed by atoms with Crippen LogP contribution in [0.4, 0.5) is 0 Å². The Hall–Kier alpha value is -1.32. The van der Waals surface area contributed by atoms with Crippen LogP contribution in [0.2, 0.25) is 0 Å². The van der Waals surface area contributed by atoms with Gasteiger partial charge in [0.05, 0.1) is 5.69 Å². The number of aromatic nitrogens is 2. The predicted molar refractivity (Wildman–Crippen MR) is 36.0 cm³/mol. The van der Waals surface area contributed by atoms with Crippen LogP contribution < -0.4 is 5.43 Å². The molecule has 0 unspecified atom stereocenters. The number of nitrogens with zero attached hydrogens (tertiary/aromatic N) is 1. The highest BCUT2D eigenvalue weighted by Crippen LogP contribution is 2.03. The average Bonchev–Trinajstić information content (AvgIpc) is 1.93. The SMILES string of the molecule is Cc1[nH]nc(C)c(=O)c1O. The molecular weight excluding hydrogens is 132 g/mol. The summed E-state index contributed by atoms with van der Waals surface area (Å²) < 4.78 is 0. The van der Waals surface area contributed by atoms with Crippen molar-refractivity contribution in [1.82, 2.24) is 10.2 Å². The first-order valence-electron chi connectivity index (χ1n) is 2.87. The van der Waals surface area contributed by atoms with Crippen LogP contribution in [0.25, 0.3) is 0 Å². The lowest BCUT2D eigenvalue weighted by Crippen LogP contribution is -2.09. The minimum atomic E-state index is -0.406. The zero-order valence-corrected chi connectivity index (χ0v) is 5.80. The minimum Gasteiger partial charge on any atom is -0.503 e. The molecule has 0 aliphatic rings. The normalized spacial score (nSPS) is 9.80. The molecule has 10 heavy (non-hydrogen) atoms. The molecule has 1 rings (SSSR count). The molecule has 0 atom stereocenters. The minimum absolute atomic E-state index is 0.243. The number of nitrogens with one attached hydrogen (secondary N) is 1. The van der Waals surface area contributed by atoms with Crippen LogP contribution >= 0.6 is 0 Å². The molecule has 0 saturated heterocycles. The Morgan fingerprint density at radius 1 is 1.50 bits per heavy atom.